The molecule has 4 atom stereocenters. The number of ether oxygens (including phenoxy) is 2. The van der Waals surface area contributed by atoms with Crippen molar-refractivity contribution < 1.29 is 14.3 Å². The Hall–Kier alpha value is -0.830. The van der Waals surface area contributed by atoms with Gasteiger partial charge in [-0.1, -0.05) is 19.1 Å². The maximum Gasteiger partial charge on any atom is 0.312 e. The van der Waals surface area contributed by atoms with Gasteiger partial charge in [-0.15, -0.1) is 0 Å². The first-order valence-electron chi connectivity index (χ1n) is 4.53. The van der Waals surface area contributed by atoms with Gasteiger partial charge in [-0.05, 0) is 6.92 Å². The third-order valence-electron chi connectivity index (χ3n) is 3.12. The van der Waals surface area contributed by atoms with Crippen LogP contribution < -0.4 is 0 Å². The highest BCUT2D eigenvalue weighted by Crippen LogP contribution is 2.46. The van der Waals surface area contributed by atoms with Crippen LogP contribution >= 0.6 is 0 Å². The number of carbonyl (C=O) groups is 1. The topological polar surface area (TPSA) is 35.5 Å². The van der Waals surface area contributed by atoms with Crippen LogP contribution in [-0.2, 0) is 14.3 Å². The monoisotopic (exact) mass is 182 g/mol. The second-order valence-electron chi connectivity index (χ2n) is 3.99. The minimum Gasteiger partial charge on any atom is -0.469 e. The number of fused-ring (bicyclic) bond motifs is 2. The summed E-state index contributed by atoms with van der Waals surface area (Å²) in [6, 6.07) is 0. The lowest BCUT2D eigenvalue weighted by molar-refractivity contribution is -0.150. The van der Waals surface area contributed by atoms with Crippen LogP contribution in [0, 0.1) is 11.8 Å². The fraction of sp³-hybridized carbons (Fsp3) is 0.700. The first kappa shape index (κ1) is 8.75. The van der Waals surface area contributed by atoms with Crippen LogP contribution in [0.15, 0.2) is 12.2 Å². The molecule has 2 bridgehead atoms. The lowest BCUT2D eigenvalue weighted by Gasteiger charge is -2.26. The number of hydrogen-bond donors (Lipinski definition) is 0. The van der Waals surface area contributed by atoms with Crippen molar-refractivity contribution in [3.05, 3.63) is 12.2 Å². The summed E-state index contributed by atoms with van der Waals surface area (Å²) in [5, 5.41) is 0. The van der Waals surface area contributed by atoms with E-state index in [4.69, 9.17) is 9.47 Å². The van der Waals surface area contributed by atoms with E-state index in [-0.39, 0.29) is 23.9 Å². The van der Waals surface area contributed by atoms with Crippen LogP contribution in [-0.4, -0.2) is 24.8 Å². The summed E-state index contributed by atoms with van der Waals surface area (Å²) >= 11 is 0. The Morgan fingerprint density at radius 1 is 1.62 bits per heavy atom. The van der Waals surface area contributed by atoms with Crippen LogP contribution in [0.1, 0.15) is 13.8 Å². The van der Waals surface area contributed by atoms with Gasteiger partial charge in [0.05, 0.1) is 24.7 Å². The summed E-state index contributed by atoms with van der Waals surface area (Å²) in [7, 11) is 1.42. The van der Waals surface area contributed by atoms with E-state index >= 15 is 0 Å². The normalized spacial score (nSPS) is 46.8. The molecular weight excluding hydrogens is 168 g/mol. The Labute approximate surface area is 77.7 Å². The minimum atomic E-state index is -0.433. The van der Waals surface area contributed by atoms with Gasteiger partial charge in [0.25, 0.3) is 0 Å². The minimum absolute atomic E-state index is 0.0918. The fourth-order valence-corrected chi connectivity index (χ4v) is 2.40. The van der Waals surface area contributed by atoms with E-state index in [0.717, 1.165) is 0 Å². The standard InChI is InChI=1S/C10H14O3/c1-6-7-4-5-10(2,13-7)8(6)9(11)12-3/h4-8H,1-3H3/t6?,7-,8?,10+/m1/s1. The molecule has 1 fully saturated rings. The molecular formula is C10H14O3. The van der Waals surface area contributed by atoms with Crippen LogP contribution in [0.4, 0.5) is 0 Å². The Bertz CT molecular complexity index is 271. The molecule has 3 heteroatoms. The molecule has 0 aliphatic carbocycles. The number of carbonyl (C=O) groups excluding carboxylic acids is 1. The molecule has 0 aromatic carbocycles. The van der Waals surface area contributed by atoms with Gasteiger partial charge in [0.2, 0.25) is 0 Å². The summed E-state index contributed by atoms with van der Waals surface area (Å²) in [6.45, 7) is 3.97. The summed E-state index contributed by atoms with van der Waals surface area (Å²) in [4.78, 5) is 11.5. The second-order valence-corrected chi connectivity index (χ2v) is 3.99. The average molecular weight is 182 g/mol. The predicted octanol–water partition coefficient (Wildman–Crippen LogP) is 1.14. The molecule has 0 amide bonds. The smallest absolute Gasteiger partial charge is 0.312 e. The maximum atomic E-state index is 11.5. The van der Waals surface area contributed by atoms with Gasteiger partial charge in [-0.25, -0.2) is 0 Å². The van der Waals surface area contributed by atoms with Crippen molar-refractivity contribution in [2.45, 2.75) is 25.6 Å². The summed E-state index contributed by atoms with van der Waals surface area (Å²) in [5.41, 5.74) is -0.433. The third kappa shape index (κ3) is 1.03. The molecule has 1 saturated heterocycles. The lowest BCUT2D eigenvalue weighted by atomic mass is 9.77. The lowest BCUT2D eigenvalue weighted by Crippen LogP contribution is -2.38. The van der Waals surface area contributed by atoms with Crippen molar-refractivity contribution in [3.63, 3.8) is 0 Å². The molecule has 3 nitrogen and oxygen atoms in total. The van der Waals surface area contributed by atoms with Gasteiger partial charge in [0.15, 0.2) is 0 Å². The van der Waals surface area contributed by atoms with Crippen molar-refractivity contribution in [2.75, 3.05) is 7.11 Å². The second kappa shape index (κ2) is 2.58. The Balaban J connectivity index is 2.29. The van der Waals surface area contributed by atoms with E-state index in [1.165, 1.54) is 7.11 Å². The Morgan fingerprint density at radius 2 is 2.31 bits per heavy atom. The first-order valence-corrected chi connectivity index (χ1v) is 4.53. The van der Waals surface area contributed by atoms with Gasteiger partial charge in [-0.2, -0.15) is 0 Å². The zero-order valence-electron chi connectivity index (χ0n) is 8.11. The fourth-order valence-electron chi connectivity index (χ4n) is 2.40. The van der Waals surface area contributed by atoms with Gasteiger partial charge in [0, 0.05) is 5.92 Å². The zero-order chi connectivity index (χ0) is 9.64. The molecule has 2 unspecified atom stereocenters. The molecule has 0 aromatic rings. The van der Waals surface area contributed by atoms with E-state index in [1.54, 1.807) is 0 Å². The van der Waals surface area contributed by atoms with E-state index in [1.807, 2.05) is 26.0 Å². The highest BCUT2D eigenvalue weighted by Gasteiger charge is 2.55. The van der Waals surface area contributed by atoms with Crippen molar-refractivity contribution in [3.8, 4) is 0 Å². The number of hydrogen-bond acceptors (Lipinski definition) is 3. The van der Waals surface area contributed by atoms with E-state index in [0.29, 0.717) is 0 Å². The quantitative estimate of drug-likeness (QED) is 0.450. The van der Waals surface area contributed by atoms with Crippen LogP contribution in [0.5, 0.6) is 0 Å². The van der Waals surface area contributed by atoms with Crippen LogP contribution in [0.25, 0.3) is 0 Å². The summed E-state index contributed by atoms with van der Waals surface area (Å²) in [6.07, 6.45) is 4.10. The van der Waals surface area contributed by atoms with Crippen molar-refractivity contribution in [1.29, 1.82) is 0 Å². The Kier molecular flexibility index (Phi) is 1.74. The maximum absolute atomic E-state index is 11.5. The van der Waals surface area contributed by atoms with Crippen molar-refractivity contribution >= 4 is 5.97 Å². The molecule has 2 rings (SSSR count). The molecule has 0 saturated carbocycles. The van der Waals surface area contributed by atoms with Crippen molar-refractivity contribution in [1.82, 2.24) is 0 Å². The third-order valence-corrected chi connectivity index (χ3v) is 3.12. The highest BCUT2D eigenvalue weighted by molar-refractivity contribution is 5.75. The predicted molar refractivity (Wildman–Crippen MR) is 47.1 cm³/mol. The molecule has 13 heavy (non-hydrogen) atoms. The highest BCUT2D eigenvalue weighted by atomic mass is 16.5. The molecule has 0 N–H and O–H groups in total. The number of esters is 1. The SMILES string of the molecule is COC(=O)C1C(C)[C@H]2C=C[C@]1(C)O2. The van der Waals surface area contributed by atoms with Crippen molar-refractivity contribution in [2.24, 2.45) is 11.8 Å². The van der Waals surface area contributed by atoms with E-state index in [9.17, 15) is 4.79 Å². The van der Waals surface area contributed by atoms with Crippen LogP contribution in [0.2, 0.25) is 0 Å². The van der Waals surface area contributed by atoms with Gasteiger partial charge >= 0.3 is 5.97 Å². The van der Waals surface area contributed by atoms with Crippen LogP contribution in [0.3, 0.4) is 0 Å². The molecule has 0 radical (unpaired) electrons. The molecule has 72 valence electrons. The largest absolute Gasteiger partial charge is 0.469 e. The number of rotatable bonds is 1. The molecule has 0 aromatic heterocycles. The Morgan fingerprint density at radius 3 is 2.77 bits per heavy atom. The molecule has 0 spiro atoms. The zero-order valence-corrected chi connectivity index (χ0v) is 8.11. The van der Waals surface area contributed by atoms with Gasteiger partial charge in [-0.3, -0.25) is 4.79 Å². The molecule has 2 heterocycles. The van der Waals surface area contributed by atoms with Gasteiger partial charge in [0.1, 0.15) is 0 Å². The first-order chi connectivity index (χ1) is 6.08. The average Bonchev–Trinajstić information content (AvgIpc) is 2.57. The molecule has 2 aliphatic rings. The molecule has 2 aliphatic heterocycles. The summed E-state index contributed by atoms with van der Waals surface area (Å²) < 4.78 is 10.5. The van der Waals surface area contributed by atoms with E-state index < -0.39 is 5.60 Å². The van der Waals surface area contributed by atoms with Gasteiger partial charge < -0.3 is 9.47 Å². The number of methoxy groups -OCH3 is 1. The van der Waals surface area contributed by atoms with E-state index in [2.05, 4.69) is 0 Å². The summed E-state index contributed by atoms with van der Waals surface area (Å²) in [5.74, 6) is -0.0863.